The molecule has 0 bridgehead atoms. The highest BCUT2D eigenvalue weighted by Crippen LogP contribution is 2.24. The molecule has 1 aromatic carbocycles. The zero-order valence-corrected chi connectivity index (χ0v) is 15.2. The van der Waals surface area contributed by atoms with E-state index in [-0.39, 0.29) is 12.0 Å². The highest BCUT2D eigenvalue weighted by molar-refractivity contribution is 6.30. The Labute approximate surface area is 153 Å². The molecule has 0 spiro atoms. The average molecular weight is 360 g/mol. The van der Waals surface area contributed by atoms with Gasteiger partial charge in [-0.05, 0) is 30.3 Å². The third kappa shape index (κ3) is 4.23. The Balaban J connectivity index is 1.61. The van der Waals surface area contributed by atoms with Crippen LogP contribution in [0, 0.1) is 0 Å². The van der Waals surface area contributed by atoms with Gasteiger partial charge in [0.1, 0.15) is 17.7 Å². The molecule has 0 N–H and O–H groups in total. The molecule has 1 amide bonds. The summed E-state index contributed by atoms with van der Waals surface area (Å²) in [4.78, 5) is 20.9. The van der Waals surface area contributed by atoms with Crippen LogP contribution in [-0.4, -0.2) is 49.1 Å². The molecule has 0 saturated carbocycles. The molecule has 6 heteroatoms. The highest BCUT2D eigenvalue weighted by Gasteiger charge is 2.26. The fourth-order valence-corrected chi connectivity index (χ4v) is 3.18. The molecule has 1 aliphatic heterocycles. The van der Waals surface area contributed by atoms with Gasteiger partial charge in [0, 0.05) is 51.2 Å². The number of ether oxygens (including phenoxy) is 1. The number of piperidine rings is 1. The normalized spacial score (nSPS) is 15.1. The van der Waals surface area contributed by atoms with E-state index in [2.05, 4.69) is 4.98 Å². The number of aromatic nitrogens is 1. The van der Waals surface area contributed by atoms with E-state index >= 15 is 0 Å². The first-order valence-corrected chi connectivity index (χ1v) is 8.76. The lowest BCUT2D eigenvalue weighted by molar-refractivity contribution is 0.0596. The van der Waals surface area contributed by atoms with Gasteiger partial charge in [0.15, 0.2) is 0 Å². The SMILES string of the molecule is CN(C)c1ncccc1C(=O)N1CCC(Oc2cccc(Cl)c2)CC1. The van der Waals surface area contributed by atoms with Crippen molar-refractivity contribution in [2.24, 2.45) is 0 Å². The Morgan fingerprint density at radius 3 is 2.68 bits per heavy atom. The first kappa shape index (κ1) is 17.5. The lowest BCUT2D eigenvalue weighted by Gasteiger charge is -2.32. The highest BCUT2D eigenvalue weighted by atomic mass is 35.5. The molecule has 132 valence electrons. The maximum absolute atomic E-state index is 12.8. The largest absolute Gasteiger partial charge is 0.490 e. The third-order valence-electron chi connectivity index (χ3n) is 4.27. The zero-order valence-electron chi connectivity index (χ0n) is 14.5. The number of carbonyl (C=O) groups excluding carboxylic acids is 1. The molecule has 0 unspecified atom stereocenters. The minimum Gasteiger partial charge on any atom is -0.490 e. The summed E-state index contributed by atoms with van der Waals surface area (Å²) in [6, 6.07) is 11.1. The molecule has 2 heterocycles. The van der Waals surface area contributed by atoms with Crippen molar-refractivity contribution in [2.75, 3.05) is 32.1 Å². The summed E-state index contributed by atoms with van der Waals surface area (Å²) >= 11 is 5.99. The topological polar surface area (TPSA) is 45.7 Å². The minimum atomic E-state index is 0.0259. The molecule has 3 rings (SSSR count). The summed E-state index contributed by atoms with van der Waals surface area (Å²) in [6.07, 6.45) is 3.41. The second-order valence-corrected chi connectivity index (χ2v) is 6.77. The van der Waals surface area contributed by atoms with E-state index in [1.54, 1.807) is 12.3 Å². The van der Waals surface area contributed by atoms with Crippen LogP contribution in [0.15, 0.2) is 42.6 Å². The molecule has 5 nitrogen and oxygen atoms in total. The molecular weight excluding hydrogens is 338 g/mol. The van der Waals surface area contributed by atoms with Crippen molar-refractivity contribution in [3.05, 3.63) is 53.2 Å². The number of carbonyl (C=O) groups is 1. The number of likely N-dealkylation sites (tertiary alicyclic amines) is 1. The maximum Gasteiger partial charge on any atom is 0.257 e. The first-order chi connectivity index (χ1) is 12.0. The number of rotatable bonds is 4. The maximum atomic E-state index is 12.8. The predicted molar refractivity (Wildman–Crippen MR) is 99.6 cm³/mol. The summed E-state index contributed by atoms with van der Waals surface area (Å²) in [6.45, 7) is 1.34. The van der Waals surface area contributed by atoms with E-state index in [0.717, 1.165) is 18.6 Å². The number of benzene rings is 1. The summed E-state index contributed by atoms with van der Waals surface area (Å²) in [5.74, 6) is 1.50. The van der Waals surface area contributed by atoms with E-state index < -0.39 is 0 Å². The standard InChI is InChI=1S/C19H22ClN3O2/c1-22(2)18-17(7-4-10-21-18)19(24)23-11-8-15(9-12-23)25-16-6-3-5-14(20)13-16/h3-7,10,13,15H,8-9,11-12H2,1-2H3. The van der Waals surface area contributed by atoms with Gasteiger partial charge < -0.3 is 14.5 Å². The molecule has 1 saturated heterocycles. The van der Waals surface area contributed by atoms with Crippen LogP contribution < -0.4 is 9.64 Å². The number of pyridine rings is 1. The Morgan fingerprint density at radius 1 is 1.24 bits per heavy atom. The van der Waals surface area contributed by atoms with Crippen LogP contribution in [-0.2, 0) is 0 Å². The van der Waals surface area contributed by atoms with Crippen molar-refractivity contribution in [3.8, 4) is 5.75 Å². The molecule has 0 atom stereocenters. The smallest absolute Gasteiger partial charge is 0.257 e. The van der Waals surface area contributed by atoms with E-state index in [1.807, 2.05) is 54.2 Å². The van der Waals surface area contributed by atoms with Gasteiger partial charge in [-0.1, -0.05) is 17.7 Å². The summed E-state index contributed by atoms with van der Waals surface area (Å²) in [7, 11) is 3.79. The molecule has 0 aliphatic carbocycles. The van der Waals surface area contributed by atoms with Crippen molar-refractivity contribution in [3.63, 3.8) is 0 Å². The molecule has 25 heavy (non-hydrogen) atoms. The number of hydrogen-bond acceptors (Lipinski definition) is 4. The van der Waals surface area contributed by atoms with Gasteiger partial charge in [0.2, 0.25) is 0 Å². The Bertz CT molecular complexity index is 743. The monoisotopic (exact) mass is 359 g/mol. The minimum absolute atomic E-state index is 0.0259. The van der Waals surface area contributed by atoms with Crippen LogP contribution in [0.2, 0.25) is 5.02 Å². The van der Waals surface area contributed by atoms with Gasteiger partial charge in [0.05, 0.1) is 5.56 Å². The summed E-state index contributed by atoms with van der Waals surface area (Å²) in [5, 5.41) is 0.665. The van der Waals surface area contributed by atoms with E-state index in [4.69, 9.17) is 16.3 Å². The summed E-state index contributed by atoms with van der Waals surface area (Å²) in [5.41, 5.74) is 0.640. The van der Waals surface area contributed by atoms with Crippen molar-refractivity contribution >= 4 is 23.3 Å². The van der Waals surface area contributed by atoms with E-state index in [9.17, 15) is 4.79 Å². The molecule has 1 aromatic heterocycles. The lowest BCUT2D eigenvalue weighted by atomic mass is 10.1. The second kappa shape index (κ2) is 7.74. The lowest BCUT2D eigenvalue weighted by Crippen LogP contribution is -2.42. The molecule has 1 aliphatic rings. The Kier molecular flexibility index (Phi) is 5.43. The van der Waals surface area contributed by atoms with Crippen LogP contribution in [0.5, 0.6) is 5.75 Å². The van der Waals surface area contributed by atoms with E-state index in [1.165, 1.54) is 0 Å². The van der Waals surface area contributed by atoms with Crippen molar-refractivity contribution in [2.45, 2.75) is 18.9 Å². The van der Waals surface area contributed by atoms with Gasteiger partial charge in [-0.15, -0.1) is 0 Å². The fraction of sp³-hybridized carbons (Fsp3) is 0.368. The Hall–Kier alpha value is -2.27. The first-order valence-electron chi connectivity index (χ1n) is 8.38. The van der Waals surface area contributed by atoms with Crippen LogP contribution in [0.4, 0.5) is 5.82 Å². The molecule has 0 radical (unpaired) electrons. The number of nitrogens with zero attached hydrogens (tertiary/aromatic N) is 3. The van der Waals surface area contributed by atoms with Crippen LogP contribution in [0.25, 0.3) is 0 Å². The van der Waals surface area contributed by atoms with Gasteiger partial charge in [0.25, 0.3) is 5.91 Å². The molecule has 1 fully saturated rings. The van der Waals surface area contributed by atoms with Crippen molar-refractivity contribution < 1.29 is 9.53 Å². The third-order valence-corrected chi connectivity index (χ3v) is 4.50. The fourth-order valence-electron chi connectivity index (χ4n) is 3.00. The number of amides is 1. The van der Waals surface area contributed by atoms with Gasteiger partial charge >= 0.3 is 0 Å². The number of anilines is 1. The van der Waals surface area contributed by atoms with Crippen molar-refractivity contribution in [1.82, 2.24) is 9.88 Å². The van der Waals surface area contributed by atoms with Gasteiger partial charge in [-0.25, -0.2) is 4.98 Å². The predicted octanol–water partition coefficient (Wildman–Crippen LogP) is 3.48. The van der Waals surface area contributed by atoms with E-state index in [0.29, 0.717) is 29.5 Å². The van der Waals surface area contributed by atoms with Gasteiger partial charge in [-0.3, -0.25) is 4.79 Å². The summed E-state index contributed by atoms with van der Waals surface area (Å²) < 4.78 is 5.99. The second-order valence-electron chi connectivity index (χ2n) is 6.34. The van der Waals surface area contributed by atoms with Crippen molar-refractivity contribution in [1.29, 1.82) is 0 Å². The van der Waals surface area contributed by atoms with Gasteiger partial charge in [-0.2, -0.15) is 0 Å². The van der Waals surface area contributed by atoms with Crippen LogP contribution in [0.3, 0.4) is 0 Å². The molecule has 2 aromatic rings. The number of hydrogen-bond donors (Lipinski definition) is 0. The quantitative estimate of drug-likeness (QED) is 0.838. The average Bonchev–Trinajstić information content (AvgIpc) is 2.62. The zero-order chi connectivity index (χ0) is 17.8. The molecular formula is C19H22ClN3O2. The Morgan fingerprint density at radius 2 is 2.00 bits per heavy atom. The number of halogens is 1. The van der Waals surface area contributed by atoms with Crippen LogP contribution >= 0.6 is 11.6 Å². The van der Waals surface area contributed by atoms with Crippen LogP contribution in [0.1, 0.15) is 23.2 Å².